The molecule has 0 aliphatic carbocycles. The van der Waals surface area contributed by atoms with Gasteiger partial charge in [0.05, 0.1) is 18.3 Å². The van der Waals surface area contributed by atoms with Crippen LogP contribution in [0.15, 0.2) is 0 Å². The molecule has 1 N–H and O–H groups in total. The quantitative estimate of drug-likeness (QED) is 0.758. The van der Waals surface area contributed by atoms with Gasteiger partial charge in [-0.05, 0) is 33.7 Å². The van der Waals surface area contributed by atoms with Crippen molar-refractivity contribution in [2.75, 3.05) is 26.2 Å². The summed E-state index contributed by atoms with van der Waals surface area (Å²) in [4.78, 5) is 13.1. The van der Waals surface area contributed by atoms with Crippen molar-refractivity contribution in [2.24, 2.45) is 0 Å². The zero-order valence-corrected chi connectivity index (χ0v) is 10.5. The summed E-state index contributed by atoms with van der Waals surface area (Å²) >= 11 is 0. The molecule has 1 aliphatic heterocycles. The number of morpholine rings is 1. The molecule has 1 saturated heterocycles. The summed E-state index contributed by atoms with van der Waals surface area (Å²) in [7, 11) is 0. The third kappa shape index (κ3) is 4.60. The maximum atomic E-state index is 10.9. The second kappa shape index (κ2) is 5.75. The lowest BCUT2D eigenvalue weighted by Crippen LogP contribution is -2.53. The van der Waals surface area contributed by atoms with E-state index in [0.29, 0.717) is 6.42 Å². The Morgan fingerprint density at radius 2 is 2.25 bits per heavy atom. The van der Waals surface area contributed by atoms with Gasteiger partial charge in [0, 0.05) is 19.5 Å². The van der Waals surface area contributed by atoms with Gasteiger partial charge >= 0.3 is 0 Å². The molecule has 16 heavy (non-hydrogen) atoms. The summed E-state index contributed by atoms with van der Waals surface area (Å²) in [5, 5.41) is 9.15. The van der Waals surface area contributed by atoms with E-state index in [1.165, 1.54) is 0 Å². The molecule has 1 aliphatic rings. The first-order valence-corrected chi connectivity index (χ1v) is 5.93. The number of aliphatic hydroxyl groups is 1. The molecule has 0 bridgehead atoms. The van der Waals surface area contributed by atoms with Gasteiger partial charge in [-0.2, -0.15) is 0 Å². The number of hydrogen-bond acceptors (Lipinski definition) is 4. The predicted molar refractivity (Wildman–Crippen MR) is 62.4 cm³/mol. The van der Waals surface area contributed by atoms with Crippen LogP contribution < -0.4 is 0 Å². The summed E-state index contributed by atoms with van der Waals surface area (Å²) in [6, 6.07) is 0. The molecule has 0 aromatic heterocycles. The maximum Gasteiger partial charge on any atom is 0.129 e. The van der Waals surface area contributed by atoms with E-state index < -0.39 is 0 Å². The lowest BCUT2D eigenvalue weighted by atomic mass is 10.0. The van der Waals surface area contributed by atoms with Gasteiger partial charge in [-0.15, -0.1) is 0 Å². The van der Waals surface area contributed by atoms with Crippen molar-refractivity contribution in [2.45, 2.75) is 45.3 Å². The number of nitrogens with zero attached hydrogens (tertiary/aromatic N) is 1. The number of Topliss-reactive ketones (excluding diaryl/α,β-unsaturated/α-hetero) is 1. The second-order valence-corrected chi connectivity index (χ2v) is 5.22. The van der Waals surface area contributed by atoms with E-state index in [0.717, 1.165) is 26.1 Å². The molecule has 1 atom stereocenters. The van der Waals surface area contributed by atoms with Crippen LogP contribution in [0.25, 0.3) is 0 Å². The van der Waals surface area contributed by atoms with Crippen molar-refractivity contribution in [1.82, 2.24) is 4.90 Å². The van der Waals surface area contributed by atoms with Gasteiger partial charge in [0.2, 0.25) is 0 Å². The van der Waals surface area contributed by atoms with Crippen LogP contribution >= 0.6 is 0 Å². The number of carbonyl (C=O) groups excluding carboxylic acids is 1. The zero-order chi connectivity index (χ0) is 12.2. The summed E-state index contributed by atoms with van der Waals surface area (Å²) in [6.45, 7) is 8.29. The van der Waals surface area contributed by atoms with Crippen molar-refractivity contribution in [3.8, 4) is 0 Å². The number of ketones is 1. The SMILES string of the molecule is CC(=O)CCCN1CC(CO)OC(C)(C)C1. The van der Waals surface area contributed by atoms with Crippen LogP contribution in [0.4, 0.5) is 0 Å². The first-order chi connectivity index (χ1) is 7.43. The number of aliphatic hydroxyl groups excluding tert-OH is 1. The number of hydrogen-bond donors (Lipinski definition) is 1. The Bertz CT molecular complexity index is 240. The van der Waals surface area contributed by atoms with Gasteiger partial charge in [0.1, 0.15) is 5.78 Å². The van der Waals surface area contributed by atoms with Crippen LogP contribution in [0.3, 0.4) is 0 Å². The van der Waals surface area contributed by atoms with E-state index in [4.69, 9.17) is 9.84 Å². The molecular formula is C12H23NO3. The summed E-state index contributed by atoms with van der Waals surface area (Å²) in [5.41, 5.74) is -0.206. The predicted octanol–water partition coefficient (Wildman–Crippen LogP) is 0.827. The minimum atomic E-state index is -0.206. The molecule has 4 nitrogen and oxygen atoms in total. The zero-order valence-electron chi connectivity index (χ0n) is 10.5. The van der Waals surface area contributed by atoms with Gasteiger partial charge < -0.3 is 14.6 Å². The molecule has 0 spiro atoms. The minimum Gasteiger partial charge on any atom is -0.394 e. The fourth-order valence-electron chi connectivity index (χ4n) is 2.23. The van der Waals surface area contributed by atoms with E-state index >= 15 is 0 Å². The van der Waals surface area contributed by atoms with Crippen LogP contribution in [0, 0.1) is 0 Å². The van der Waals surface area contributed by atoms with E-state index in [1.807, 2.05) is 13.8 Å². The van der Waals surface area contributed by atoms with Gasteiger partial charge in [-0.1, -0.05) is 0 Å². The third-order valence-corrected chi connectivity index (χ3v) is 2.76. The molecule has 1 unspecified atom stereocenters. The average molecular weight is 229 g/mol. The molecule has 0 radical (unpaired) electrons. The maximum absolute atomic E-state index is 10.9. The highest BCUT2D eigenvalue weighted by atomic mass is 16.5. The lowest BCUT2D eigenvalue weighted by Gasteiger charge is -2.42. The van der Waals surface area contributed by atoms with E-state index in [9.17, 15) is 4.79 Å². The lowest BCUT2D eigenvalue weighted by molar-refractivity contribution is -0.149. The number of rotatable bonds is 5. The van der Waals surface area contributed by atoms with Crippen molar-refractivity contribution in [3.05, 3.63) is 0 Å². The highest BCUT2D eigenvalue weighted by molar-refractivity contribution is 5.75. The van der Waals surface area contributed by atoms with Crippen LogP contribution in [0.2, 0.25) is 0 Å². The molecule has 94 valence electrons. The fraction of sp³-hybridized carbons (Fsp3) is 0.917. The molecule has 0 aromatic rings. The standard InChI is InChI=1S/C12H23NO3/c1-10(15)5-4-6-13-7-11(8-14)16-12(2,3)9-13/h11,14H,4-9H2,1-3H3. The largest absolute Gasteiger partial charge is 0.394 e. The number of carbonyl (C=O) groups is 1. The number of ether oxygens (including phenoxy) is 1. The molecule has 1 rings (SSSR count). The van der Waals surface area contributed by atoms with Crippen LogP contribution in [0.1, 0.15) is 33.6 Å². The highest BCUT2D eigenvalue weighted by Gasteiger charge is 2.32. The normalized spacial score (nSPS) is 25.6. The second-order valence-electron chi connectivity index (χ2n) is 5.22. The molecule has 0 amide bonds. The summed E-state index contributed by atoms with van der Waals surface area (Å²) < 4.78 is 5.72. The average Bonchev–Trinajstić information content (AvgIpc) is 2.14. The van der Waals surface area contributed by atoms with Crippen LogP contribution in [0.5, 0.6) is 0 Å². The van der Waals surface area contributed by atoms with Crippen LogP contribution in [-0.4, -0.2) is 53.7 Å². The van der Waals surface area contributed by atoms with Crippen molar-refractivity contribution < 1.29 is 14.6 Å². The molecule has 0 aromatic carbocycles. The highest BCUT2D eigenvalue weighted by Crippen LogP contribution is 2.20. The Morgan fingerprint density at radius 3 is 2.81 bits per heavy atom. The Kier molecular flexibility index (Phi) is 4.89. The van der Waals surface area contributed by atoms with E-state index in [-0.39, 0.29) is 24.1 Å². The summed E-state index contributed by atoms with van der Waals surface area (Å²) in [6.07, 6.45) is 1.44. The fourth-order valence-corrected chi connectivity index (χ4v) is 2.23. The Labute approximate surface area is 97.6 Å². The van der Waals surface area contributed by atoms with E-state index in [1.54, 1.807) is 6.92 Å². The van der Waals surface area contributed by atoms with Gasteiger partial charge in [0.15, 0.2) is 0 Å². The van der Waals surface area contributed by atoms with Gasteiger partial charge in [-0.25, -0.2) is 0 Å². The Hall–Kier alpha value is -0.450. The van der Waals surface area contributed by atoms with Crippen molar-refractivity contribution >= 4 is 5.78 Å². The van der Waals surface area contributed by atoms with Crippen molar-refractivity contribution in [1.29, 1.82) is 0 Å². The Balaban J connectivity index is 2.38. The first-order valence-electron chi connectivity index (χ1n) is 5.93. The van der Waals surface area contributed by atoms with Crippen molar-refractivity contribution in [3.63, 3.8) is 0 Å². The van der Waals surface area contributed by atoms with Gasteiger partial charge in [-0.3, -0.25) is 4.90 Å². The van der Waals surface area contributed by atoms with E-state index in [2.05, 4.69) is 4.90 Å². The molecule has 1 heterocycles. The topological polar surface area (TPSA) is 49.8 Å². The minimum absolute atomic E-state index is 0.0621. The molecular weight excluding hydrogens is 206 g/mol. The third-order valence-electron chi connectivity index (χ3n) is 2.76. The summed E-state index contributed by atoms with van der Waals surface area (Å²) in [5.74, 6) is 0.242. The van der Waals surface area contributed by atoms with Gasteiger partial charge in [0.25, 0.3) is 0 Å². The monoisotopic (exact) mass is 229 g/mol. The Morgan fingerprint density at radius 1 is 1.56 bits per heavy atom. The van der Waals surface area contributed by atoms with Crippen LogP contribution in [-0.2, 0) is 9.53 Å². The first kappa shape index (κ1) is 13.6. The molecule has 0 saturated carbocycles. The smallest absolute Gasteiger partial charge is 0.129 e. The molecule has 4 heteroatoms. The molecule has 1 fully saturated rings.